The van der Waals surface area contributed by atoms with Gasteiger partial charge in [-0.2, -0.15) is 0 Å². The van der Waals surface area contributed by atoms with E-state index in [4.69, 9.17) is 5.73 Å². The number of alkyl halides is 2. The van der Waals surface area contributed by atoms with E-state index < -0.39 is 5.92 Å². The van der Waals surface area contributed by atoms with Crippen LogP contribution in [-0.4, -0.2) is 19.2 Å². The number of rotatable bonds is 5. The van der Waals surface area contributed by atoms with E-state index >= 15 is 0 Å². The molecule has 5 heteroatoms. The molecule has 1 aromatic carbocycles. The molecule has 2 N–H and O–H groups in total. The first-order chi connectivity index (χ1) is 12.3. The summed E-state index contributed by atoms with van der Waals surface area (Å²) in [4.78, 5) is 3.83. The van der Waals surface area contributed by atoms with Crippen molar-refractivity contribution in [2.45, 2.75) is 45.5 Å². The quantitative estimate of drug-likeness (QED) is 0.707. The van der Waals surface area contributed by atoms with Gasteiger partial charge in [-0.05, 0) is 61.9 Å². The van der Waals surface area contributed by atoms with Crippen LogP contribution in [0.25, 0.3) is 6.08 Å². The molecule has 0 saturated heterocycles. The van der Waals surface area contributed by atoms with Gasteiger partial charge in [-0.15, -0.1) is 0 Å². The predicted octanol–water partition coefficient (Wildman–Crippen LogP) is 5.30. The monoisotopic (exact) mass is 364 g/mol. The van der Waals surface area contributed by atoms with Crippen LogP contribution in [-0.2, 0) is 6.42 Å². The van der Waals surface area contributed by atoms with E-state index in [0.717, 1.165) is 11.1 Å². The maximum atomic E-state index is 14.4. The van der Waals surface area contributed by atoms with Crippen molar-refractivity contribution in [2.24, 2.45) is 22.6 Å². The molecule has 1 aliphatic rings. The molecular formula is C21H27F3N2. The molecule has 0 radical (unpaired) electrons. The molecule has 2 unspecified atom stereocenters. The second kappa shape index (κ2) is 8.56. The Bertz CT molecular complexity index is 720. The molecule has 1 aliphatic carbocycles. The maximum Gasteiger partial charge on any atom is 0.248 e. The van der Waals surface area contributed by atoms with Gasteiger partial charge < -0.3 is 5.73 Å². The van der Waals surface area contributed by atoms with Crippen LogP contribution in [0.2, 0.25) is 0 Å². The fraction of sp³-hybridized carbons (Fsp3) is 0.476. The first-order valence-corrected chi connectivity index (χ1v) is 8.94. The summed E-state index contributed by atoms with van der Waals surface area (Å²) in [5.74, 6) is -3.36. The van der Waals surface area contributed by atoms with E-state index in [0.29, 0.717) is 24.1 Å². The van der Waals surface area contributed by atoms with E-state index in [1.54, 1.807) is 44.5 Å². The number of benzene rings is 1. The summed E-state index contributed by atoms with van der Waals surface area (Å²) >= 11 is 0. The fourth-order valence-electron chi connectivity index (χ4n) is 3.64. The van der Waals surface area contributed by atoms with Gasteiger partial charge in [-0.1, -0.05) is 12.2 Å². The number of nitrogens with two attached hydrogens (primary N) is 1. The molecule has 2 atom stereocenters. The number of allylic oxidation sites excluding steroid dienone is 3. The van der Waals surface area contributed by atoms with E-state index in [1.807, 2.05) is 6.92 Å². The fourth-order valence-corrected chi connectivity index (χ4v) is 3.64. The van der Waals surface area contributed by atoms with Crippen molar-refractivity contribution in [1.82, 2.24) is 0 Å². The minimum atomic E-state index is -2.68. The Balaban J connectivity index is 2.25. The summed E-state index contributed by atoms with van der Waals surface area (Å²) in [5, 5.41) is 0. The zero-order valence-corrected chi connectivity index (χ0v) is 15.6. The van der Waals surface area contributed by atoms with Crippen LogP contribution in [0, 0.1) is 24.6 Å². The Kier molecular flexibility index (Phi) is 6.68. The summed E-state index contributed by atoms with van der Waals surface area (Å²) in [6.45, 7) is 3.69. The van der Waals surface area contributed by atoms with Crippen molar-refractivity contribution in [2.75, 3.05) is 7.05 Å². The van der Waals surface area contributed by atoms with Crippen LogP contribution < -0.4 is 5.73 Å². The molecule has 0 bridgehead atoms. The van der Waals surface area contributed by atoms with Crippen molar-refractivity contribution >= 4 is 12.3 Å². The van der Waals surface area contributed by atoms with Gasteiger partial charge in [-0.25, -0.2) is 13.2 Å². The largest absolute Gasteiger partial charge is 0.402 e. The molecular weight excluding hydrogens is 337 g/mol. The number of halogens is 3. The van der Waals surface area contributed by atoms with Gasteiger partial charge in [0.25, 0.3) is 0 Å². The van der Waals surface area contributed by atoms with E-state index in [-0.39, 0.29) is 30.5 Å². The predicted molar refractivity (Wildman–Crippen MR) is 102 cm³/mol. The SMILES string of the molecule is C/C=C(\N)C1CC(F)(F)CCC1Cc1cc(F)c(/C=C/C=N\C)cc1C. The molecule has 0 aliphatic heterocycles. The van der Waals surface area contributed by atoms with Crippen LogP contribution in [0.15, 0.2) is 35.0 Å². The topological polar surface area (TPSA) is 38.4 Å². The minimum Gasteiger partial charge on any atom is -0.402 e. The van der Waals surface area contributed by atoms with Gasteiger partial charge in [0.15, 0.2) is 0 Å². The molecule has 2 rings (SSSR count). The molecule has 1 saturated carbocycles. The normalized spacial score (nSPS) is 23.8. The standard InChI is InChI=1S/C21H27F3N2/c1-4-20(25)18-13-21(23,24)8-7-15(18)11-17-12-19(22)16(10-14(17)2)6-5-9-26-3/h4-6,9-10,12,15,18H,7-8,11,13,25H2,1-3H3/b6-5+,20-4-,26-9-. The van der Waals surface area contributed by atoms with Gasteiger partial charge >= 0.3 is 0 Å². The summed E-state index contributed by atoms with van der Waals surface area (Å²) in [7, 11) is 1.65. The zero-order valence-electron chi connectivity index (χ0n) is 15.6. The van der Waals surface area contributed by atoms with Gasteiger partial charge in [-0.3, -0.25) is 4.99 Å². The van der Waals surface area contributed by atoms with Crippen LogP contribution >= 0.6 is 0 Å². The second-order valence-electron chi connectivity index (χ2n) is 7.02. The summed E-state index contributed by atoms with van der Waals surface area (Å²) in [6, 6.07) is 3.31. The molecule has 0 heterocycles. The zero-order chi connectivity index (χ0) is 19.3. The number of aliphatic imine (C=N–C) groups is 1. The maximum absolute atomic E-state index is 14.4. The second-order valence-corrected chi connectivity index (χ2v) is 7.02. The van der Waals surface area contributed by atoms with Gasteiger partial charge in [0.05, 0.1) is 0 Å². The lowest BCUT2D eigenvalue weighted by Crippen LogP contribution is -2.36. The van der Waals surface area contributed by atoms with Crippen molar-refractivity contribution < 1.29 is 13.2 Å². The molecule has 0 spiro atoms. The molecule has 1 aromatic rings. The van der Waals surface area contributed by atoms with Crippen molar-refractivity contribution in [1.29, 1.82) is 0 Å². The molecule has 0 aromatic heterocycles. The summed E-state index contributed by atoms with van der Waals surface area (Å²) in [6.07, 6.45) is 7.23. The average molecular weight is 364 g/mol. The summed E-state index contributed by atoms with van der Waals surface area (Å²) < 4.78 is 42.1. The Morgan fingerprint density at radius 2 is 2.12 bits per heavy atom. The first-order valence-electron chi connectivity index (χ1n) is 8.94. The lowest BCUT2D eigenvalue weighted by atomic mass is 9.72. The third-order valence-electron chi connectivity index (χ3n) is 5.18. The Morgan fingerprint density at radius 3 is 2.77 bits per heavy atom. The van der Waals surface area contributed by atoms with Gasteiger partial charge in [0.2, 0.25) is 5.92 Å². The number of nitrogens with zero attached hydrogens (tertiary/aromatic N) is 1. The van der Waals surface area contributed by atoms with Crippen LogP contribution in [0.5, 0.6) is 0 Å². The Morgan fingerprint density at radius 1 is 1.38 bits per heavy atom. The first kappa shape index (κ1) is 20.3. The number of hydrogen-bond donors (Lipinski definition) is 1. The van der Waals surface area contributed by atoms with E-state index in [2.05, 4.69) is 4.99 Å². The summed E-state index contributed by atoms with van der Waals surface area (Å²) in [5.41, 5.74) is 8.81. The van der Waals surface area contributed by atoms with E-state index in [1.165, 1.54) is 6.07 Å². The minimum absolute atomic E-state index is 0.00228. The van der Waals surface area contributed by atoms with Gasteiger partial charge in [0.1, 0.15) is 5.82 Å². The molecule has 142 valence electrons. The third kappa shape index (κ3) is 4.99. The highest BCUT2D eigenvalue weighted by atomic mass is 19.3. The molecule has 2 nitrogen and oxygen atoms in total. The molecule has 1 fully saturated rings. The number of aryl methyl sites for hydroxylation is 1. The highest BCUT2D eigenvalue weighted by Crippen LogP contribution is 2.43. The van der Waals surface area contributed by atoms with Crippen molar-refractivity contribution in [3.05, 3.63) is 52.5 Å². The van der Waals surface area contributed by atoms with Gasteiger partial charge in [0, 0.05) is 43.3 Å². The lowest BCUT2D eigenvalue weighted by Gasteiger charge is -2.36. The van der Waals surface area contributed by atoms with Crippen molar-refractivity contribution in [3.63, 3.8) is 0 Å². The van der Waals surface area contributed by atoms with Crippen LogP contribution in [0.3, 0.4) is 0 Å². The van der Waals surface area contributed by atoms with Crippen LogP contribution in [0.1, 0.15) is 42.9 Å². The van der Waals surface area contributed by atoms with E-state index in [9.17, 15) is 13.2 Å². The smallest absolute Gasteiger partial charge is 0.248 e. The lowest BCUT2D eigenvalue weighted by molar-refractivity contribution is -0.0627. The molecule has 0 amide bonds. The molecule has 26 heavy (non-hydrogen) atoms. The Labute approximate surface area is 153 Å². The third-order valence-corrected chi connectivity index (χ3v) is 5.18. The number of hydrogen-bond acceptors (Lipinski definition) is 2. The van der Waals surface area contributed by atoms with Crippen LogP contribution in [0.4, 0.5) is 13.2 Å². The average Bonchev–Trinajstić information content (AvgIpc) is 2.59. The highest BCUT2D eigenvalue weighted by Gasteiger charge is 2.42. The Hall–Kier alpha value is -2.04. The van der Waals surface area contributed by atoms with Crippen molar-refractivity contribution in [3.8, 4) is 0 Å². The highest BCUT2D eigenvalue weighted by molar-refractivity contribution is 5.78.